The SMILES string of the molecule is CCC(CN)Nc1ccncn1. The van der Waals surface area contributed by atoms with Crippen LogP contribution in [0.4, 0.5) is 5.82 Å². The maximum absolute atomic E-state index is 5.53. The van der Waals surface area contributed by atoms with Gasteiger partial charge in [-0.3, -0.25) is 0 Å². The predicted octanol–water partition coefficient (Wildman–Crippen LogP) is 0.626. The first-order valence-electron chi connectivity index (χ1n) is 4.09. The molecule has 4 heteroatoms. The van der Waals surface area contributed by atoms with Gasteiger partial charge >= 0.3 is 0 Å². The van der Waals surface area contributed by atoms with Crippen molar-refractivity contribution >= 4 is 5.82 Å². The molecule has 1 unspecified atom stereocenters. The third-order valence-electron chi connectivity index (χ3n) is 1.71. The molecule has 4 nitrogen and oxygen atoms in total. The van der Waals surface area contributed by atoms with Gasteiger partial charge in [-0.1, -0.05) is 6.92 Å². The highest BCUT2D eigenvalue weighted by Crippen LogP contribution is 2.02. The van der Waals surface area contributed by atoms with E-state index in [0.29, 0.717) is 12.6 Å². The summed E-state index contributed by atoms with van der Waals surface area (Å²) in [5.41, 5.74) is 5.53. The van der Waals surface area contributed by atoms with E-state index in [0.717, 1.165) is 12.2 Å². The normalized spacial score (nSPS) is 12.5. The molecule has 1 heterocycles. The molecule has 0 saturated heterocycles. The molecular formula is C8H14N4. The Morgan fingerprint density at radius 3 is 3.00 bits per heavy atom. The highest BCUT2D eigenvalue weighted by atomic mass is 15.0. The van der Waals surface area contributed by atoms with Gasteiger partial charge in [-0.2, -0.15) is 0 Å². The van der Waals surface area contributed by atoms with E-state index in [1.807, 2.05) is 6.07 Å². The fraction of sp³-hybridized carbons (Fsp3) is 0.500. The molecule has 0 aliphatic rings. The second kappa shape index (κ2) is 4.66. The molecule has 0 amide bonds. The lowest BCUT2D eigenvalue weighted by Crippen LogP contribution is -2.28. The average Bonchev–Trinajstić information content (AvgIpc) is 2.16. The maximum atomic E-state index is 5.53. The highest BCUT2D eigenvalue weighted by molar-refractivity contribution is 5.32. The second-order valence-corrected chi connectivity index (χ2v) is 2.58. The second-order valence-electron chi connectivity index (χ2n) is 2.58. The van der Waals surface area contributed by atoms with Crippen LogP contribution in [0.25, 0.3) is 0 Å². The van der Waals surface area contributed by atoms with Crippen LogP contribution < -0.4 is 11.1 Å². The Morgan fingerprint density at radius 1 is 1.67 bits per heavy atom. The summed E-state index contributed by atoms with van der Waals surface area (Å²) in [6.07, 6.45) is 4.23. The lowest BCUT2D eigenvalue weighted by atomic mass is 10.2. The molecule has 1 rings (SSSR count). The minimum Gasteiger partial charge on any atom is -0.366 e. The van der Waals surface area contributed by atoms with Crippen LogP contribution in [-0.2, 0) is 0 Å². The zero-order chi connectivity index (χ0) is 8.81. The topological polar surface area (TPSA) is 63.8 Å². The highest BCUT2D eigenvalue weighted by Gasteiger charge is 2.02. The van der Waals surface area contributed by atoms with Crippen molar-refractivity contribution in [1.29, 1.82) is 0 Å². The Kier molecular flexibility index (Phi) is 3.47. The Bertz CT molecular complexity index is 208. The van der Waals surface area contributed by atoms with Gasteiger partial charge in [0.2, 0.25) is 0 Å². The Morgan fingerprint density at radius 2 is 2.50 bits per heavy atom. The van der Waals surface area contributed by atoms with Crippen LogP contribution in [-0.4, -0.2) is 22.6 Å². The zero-order valence-electron chi connectivity index (χ0n) is 7.20. The molecule has 0 aromatic carbocycles. The van der Waals surface area contributed by atoms with Gasteiger partial charge in [-0.05, 0) is 12.5 Å². The average molecular weight is 166 g/mol. The number of aromatic nitrogens is 2. The van der Waals surface area contributed by atoms with Gasteiger partial charge in [0, 0.05) is 18.8 Å². The van der Waals surface area contributed by atoms with Crippen molar-refractivity contribution in [3.63, 3.8) is 0 Å². The Balaban J connectivity index is 2.51. The molecule has 0 aliphatic carbocycles. The van der Waals surface area contributed by atoms with Gasteiger partial charge in [-0.25, -0.2) is 9.97 Å². The summed E-state index contributed by atoms with van der Waals surface area (Å²) in [6.45, 7) is 2.71. The van der Waals surface area contributed by atoms with Crippen LogP contribution in [0.2, 0.25) is 0 Å². The molecule has 0 spiro atoms. The van der Waals surface area contributed by atoms with Crippen molar-refractivity contribution in [1.82, 2.24) is 9.97 Å². The molecule has 12 heavy (non-hydrogen) atoms. The number of hydrogen-bond donors (Lipinski definition) is 2. The molecule has 0 saturated carbocycles. The van der Waals surface area contributed by atoms with E-state index >= 15 is 0 Å². The van der Waals surface area contributed by atoms with Gasteiger partial charge in [0.1, 0.15) is 12.1 Å². The van der Waals surface area contributed by atoms with Crippen LogP contribution in [0.15, 0.2) is 18.6 Å². The van der Waals surface area contributed by atoms with Crippen LogP contribution in [0.5, 0.6) is 0 Å². The third-order valence-corrected chi connectivity index (χ3v) is 1.71. The third kappa shape index (κ3) is 2.47. The summed E-state index contributed by atoms with van der Waals surface area (Å²) >= 11 is 0. The maximum Gasteiger partial charge on any atom is 0.129 e. The van der Waals surface area contributed by atoms with Crippen LogP contribution >= 0.6 is 0 Å². The molecule has 3 N–H and O–H groups in total. The summed E-state index contributed by atoms with van der Waals surface area (Å²) in [5.74, 6) is 0.835. The number of nitrogens with zero attached hydrogens (tertiary/aromatic N) is 2. The summed E-state index contributed by atoms with van der Waals surface area (Å²) < 4.78 is 0. The number of anilines is 1. The molecule has 0 aliphatic heterocycles. The lowest BCUT2D eigenvalue weighted by molar-refractivity contribution is 0.699. The Hall–Kier alpha value is -1.16. The van der Waals surface area contributed by atoms with Crippen molar-refractivity contribution in [2.24, 2.45) is 5.73 Å². The van der Waals surface area contributed by atoms with E-state index in [2.05, 4.69) is 22.2 Å². The summed E-state index contributed by atoms with van der Waals surface area (Å²) in [4.78, 5) is 7.86. The minimum absolute atomic E-state index is 0.305. The van der Waals surface area contributed by atoms with Crippen molar-refractivity contribution in [2.45, 2.75) is 19.4 Å². The number of nitrogens with two attached hydrogens (primary N) is 1. The number of rotatable bonds is 4. The lowest BCUT2D eigenvalue weighted by Gasteiger charge is -2.14. The predicted molar refractivity (Wildman–Crippen MR) is 48.8 cm³/mol. The van der Waals surface area contributed by atoms with E-state index in [9.17, 15) is 0 Å². The van der Waals surface area contributed by atoms with E-state index in [4.69, 9.17) is 5.73 Å². The van der Waals surface area contributed by atoms with Crippen LogP contribution in [0.1, 0.15) is 13.3 Å². The standard InChI is InChI=1S/C8H14N4/c1-2-7(5-9)12-8-3-4-10-6-11-8/h3-4,6-7H,2,5,9H2,1H3,(H,10,11,12). The molecule has 66 valence electrons. The van der Waals surface area contributed by atoms with Crippen LogP contribution in [0.3, 0.4) is 0 Å². The van der Waals surface area contributed by atoms with Gasteiger partial charge in [0.15, 0.2) is 0 Å². The monoisotopic (exact) mass is 166 g/mol. The van der Waals surface area contributed by atoms with E-state index < -0.39 is 0 Å². The molecule has 0 radical (unpaired) electrons. The van der Waals surface area contributed by atoms with E-state index in [-0.39, 0.29) is 0 Å². The largest absolute Gasteiger partial charge is 0.366 e. The fourth-order valence-corrected chi connectivity index (χ4v) is 0.913. The van der Waals surface area contributed by atoms with Gasteiger partial charge < -0.3 is 11.1 Å². The molecule has 1 atom stereocenters. The van der Waals surface area contributed by atoms with Crippen molar-refractivity contribution < 1.29 is 0 Å². The molecule has 0 fully saturated rings. The smallest absolute Gasteiger partial charge is 0.129 e. The molecule has 1 aromatic rings. The first-order valence-corrected chi connectivity index (χ1v) is 4.09. The first-order chi connectivity index (χ1) is 5.86. The number of hydrogen-bond acceptors (Lipinski definition) is 4. The fourth-order valence-electron chi connectivity index (χ4n) is 0.913. The molecule has 0 bridgehead atoms. The molecule has 1 aromatic heterocycles. The number of nitrogens with one attached hydrogen (secondary N) is 1. The summed E-state index contributed by atoms with van der Waals surface area (Å²) in [5, 5.41) is 3.20. The Labute approximate surface area is 72.2 Å². The minimum atomic E-state index is 0.305. The van der Waals surface area contributed by atoms with E-state index in [1.165, 1.54) is 6.33 Å². The van der Waals surface area contributed by atoms with Crippen molar-refractivity contribution in [3.05, 3.63) is 18.6 Å². The molecular weight excluding hydrogens is 152 g/mol. The summed E-state index contributed by atoms with van der Waals surface area (Å²) in [7, 11) is 0. The van der Waals surface area contributed by atoms with Crippen molar-refractivity contribution in [3.8, 4) is 0 Å². The van der Waals surface area contributed by atoms with E-state index in [1.54, 1.807) is 6.20 Å². The first kappa shape index (κ1) is 8.93. The zero-order valence-corrected chi connectivity index (χ0v) is 7.20. The quantitative estimate of drug-likeness (QED) is 0.688. The van der Waals surface area contributed by atoms with Crippen molar-refractivity contribution in [2.75, 3.05) is 11.9 Å². The summed E-state index contributed by atoms with van der Waals surface area (Å²) in [6, 6.07) is 2.14. The van der Waals surface area contributed by atoms with Gasteiger partial charge in [0.25, 0.3) is 0 Å². The van der Waals surface area contributed by atoms with Crippen LogP contribution in [0, 0.1) is 0 Å². The van der Waals surface area contributed by atoms with Gasteiger partial charge in [-0.15, -0.1) is 0 Å². The van der Waals surface area contributed by atoms with Gasteiger partial charge in [0.05, 0.1) is 0 Å².